The van der Waals surface area contributed by atoms with Crippen molar-refractivity contribution in [3.63, 3.8) is 0 Å². The minimum atomic E-state index is -2.24. The minimum Gasteiger partial charge on any atom is -0.458 e. The molecule has 0 saturated heterocycles. The van der Waals surface area contributed by atoms with E-state index in [1.165, 1.54) is 0 Å². The van der Waals surface area contributed by atoms with Crippen LogP contribution in [0.5, 0.6) is 0 Å². The number of esters is 2. The van der Waals surface area contributed by atoms with Gasteiger partial charge in [-0.1, -0.05) is 60.7 Å². The van der Waals surface area contributed by atoms with E-state index >= 15 is 0 Å². The number of rotatable bonds is 11. The predicted octanol–water partition coefficient (Wildman–Crippen LogP) is 1.85. The number of nitrogens with one attached hydrogen (secondary N) is 2. The number of benzene rings is 2. The lowest BCUT2D eigenvalue weighted by molar-refractivity contribution is -0.162. The summed E-state index contributed by atoms with van der Waals surface area (Å²) in [6.07, 6.45) is -4.38. The second kappa shape index (κ2) is 14.0. The van der Waals surface area contributed by atoms with E-state index in [-0.39, 0.29) is 12.8 Å². The molecule has 0 spiro atoms. The van der Waals surface area contributed by atoms with E-state index in [2.05, 4.69) is 10.6 Å². The van der Waals surface area contributed by atoms with E-state index in [1.807, 2.05) is 0 Å². The van der Waals surface area contributed by atoms with Gasteiger partial charge in [0.2, 0.25) is 0 Å². The third-order valence-corrected chi connectivity index (χ3v) is 5.42. The highest BCUT2D eigenvalue weighted by molar-refractivity contribution is 5.94. The van der Waals surface area contributed by atoms with Crippen LogP contribution in [0.4, 0.5) is 0 Å². The summed E-state index contributed by atoms with van der Waals surface area (Å²) in [5.74, 6) is -3.81. The standard InChI is InChI=1S/C30H40N2O8/c1-29(2,3)39-27(37)21(17-19-13-9-7-10-14-19)31-25(35)23(33)24(34)26(36)32-22(28(38)40-30(4,5)6)18-20-15-11-8-12-16-20/h7-16,21-24,33-34H,17-18H2,1-6H3,(H,31,35)(H,32,36)/t21-,22+,23-,24-/m1/s1. The summed E-state index contributed by atoms with van der Waals surface area (Å²) >= 11 is 0. The van der Waals surface area contributed by atoms with E-state index in [9.17, 15) is 29.4 Å². The molecule has 2 amide bonds. The first-order chi connectivity index (χ1) is 18.6. The molecule has 0 saturated carbocycles. The molecule has 2 aromatic rings. The molecule has 0 aliphatic heterocycles. The van der Waals surface area contributed by atoms with Crippen LogP contribution in [-0.4, -0.2) is 69.5 Å². The average Bonchev–Trinajstić information content (AvgIpc) is 2.86. The van der Waals surface area contributed by atoms with E-state index in [1.54, 1.807) is 102 Å². The molecular formula is C30H40N2O8. The number of carbonyl (C=O) groups is 4. The fourth-order valence-electron chi connectivity index (χ4n) is 3.63. The van der Waals surface area contributed by atoms with Crippen molar-refractivity contribution in [2.75, 3.05) is 0 Å². The van der Waals surface area contributed by atoms with E-state index in [4.69, 9.17) is 9.47 Å². The van der Waals surface area contributed by atoms with Gasteiger partial charge in [-0.05, 0) is 52.7 Å². The number of carbonyl (C=O) groups excluding carboxylic acids is 4. The Morgan fingerprint density at radius 3 is 1.20 bits per heavy atom. The van der Waals surface area contributed by atoms with Crippen molar-refractivity contribution >= 4 is 23.8 Å². The number of hydrogen-bond donors (Lipinski definition) is 4. The molecule has 10 nitrogen and oxygen atoms in total. The maximum absolute atomic E-state index is 12.9. The highest BCUT2D eigenvalue weighted by Crippen LogP contribution is 2.14. The maximum Gasteiger partial charge on any atom is 0.329 e. The van der Waals surface area contributed by atoms with Crippen molar-refractivity contribution in [2.24, 2.45) is 0 Å². The van der Waals surface area contributed by atoms with Gasteiger partial charge < -0.3 is 30.3 Å². The summed E-state index contributed by atoms with van der Waals surface area (Å²) < 4.78 is 10.8. The Morgan fingerprint density at radius 2 is 0.925 bits per heavy atom. The van der Waals surface area contributed by atoms with Crippen LogP contribution in [0.15, 0.2) is 60.7 Å². The van der Waals surface area contributed by atoms with Gasteiger partial charge in [-0.3, -0.25) is 9.59 Å². The zero-order valence-electron chi connectivity index (χ0n) is 23.8. The second-order valence-corrected chi connectivity index (χ2v) is 11.5. The Labute approximate surface area is 235 Å². The van der Waals surface area contributed by atoms with Gasteiger partial charge in [-0.2, -0.15) is 0 Å². The number of amides is 2. The Morgan fingerprint density at radius 1 is 0.625 bits per heavy atom. The third kappa shape index (κ3) is 11.2. The molecule has 0 bridgehead atoms. The SMILES string of the molecule is CC(C)(C)OC(=O)[C@H](Cc1ccccc1)NC(=O)[C@H](O)[C@@H](O)C(=O)N[C@H](Cc1ccccc1)C(=O)OC(C)(C)C. The molecule has 4 atom stereocenters. The third-order valence-electron chi connectivity index (χ3n) is 5.42. The molecule has 0 aliphatic carbocycles. The van der Waals surface area contributed by atoms with Crippen LogP contribution >= 0.6 is 0 Å². The molecule has 0 aliphatic rings. The highest BCUT2D eigenvalue weighted by Gasteiger charge is 2.36. The second-order valence-electron chi connectivity index (χ2n) is 11.5. The first-order valence-corrected chi connectivity index (χ1v) is 13.1. The first kappa shape index (κ1) is 32.5. The van der Waals surface area contributed by atoms with Crippen LogP contribution < -0.4 is 10.6 Å². The molecule has 218 valence electrons. The molecule has 0 radical (unpaired) electrons. The van der Waals surface area contributed by atoms with E-state index in [0.717, 1.165) is 0 Å². The largest absolute Gasteiger partial charge is 0.458 e. The Kier molecular flexibility index (Phi) is 11.4. The number of ether oxygens (including phenoxy) is 2. The van der Waals surface area contributed by atoms with Crippen LogP contribution in [0.25, 0.3) is 0 Å². The summed E-state index contributed by atoms with van der Waals surface area (Å²) in [6.45, 7) is 10.0. The predicted molar refractivity (Wildman–Crippen MR) is 148 cm³/mol. The fraction of sp³-hybridized carbons (Fsp3) is 0.467. The van der Waals surface area contributed by atoms with Crippen molar-refractivity contribution in [1.29, 1.82) is 0 Å². The molecule has 2 rings (SSSR count). The van der Waals surface area contributed by atoms with Crippen LogP contribution in [0, 0.1) is 0 Å². The van der Waals surface area contributed by atoms with Crippen LogP contribution in [-0.2, 0) is 41.5 Å². The fourth-order valence-corrected chi connectivity index (χ4v) is 3.63. The lowest BCUT2D eigenvalue weighted by Crippen LogP contribution is -2.56. The molecule has 0 aromatic heterocycles. The molecule has 2 aromatic carbocycles. The topological polar surface area (TPSA) is 151 Å². The molecule has 40 heavy (non-hydrogen) atoms. The molecule has 0 heterocycles. The van der Waals surface area contributed by atoms with Gasteiger partial charge in [-0.15, -0.1) is 0 Å². The summed E-state index contributed by atoms with van der Waals surface area (Å²) in [5, 5.41) is 25.8. The van der Waals surface area contributed by atoms with Crippen LogP contribution in [0.3, 0.4) is 0 Å². The molecular weight excluding hydrogens is 516 g/mol. The molecule has 4 N–H and O–H groups in total. The summed E-state index contributed by atoms with van der Waals surface area (Å²) in [7, 11) is 0. The van der Waals surface area contributed by atoms with Crippen LogP contribution in [0.1, 0.15) is 52.7 Å². The van der Waals surface area contributed by atoms with Crippen molar-refractivity contribution in [2.45, 2.75) is 89.9 Å². The van der Waals surface area contributed by atoms with Crippen molar-refractivity contribution in [1.82, 2.24) is 10.6 Å². The van der Waals surface area contributed by atoms with Crippen molar-refractivity contribution in [3.05, 3.63) is 71.8 Å². The smallest absolute Gasteiger partial charge is 0.329 e. The monoisotopic (exact) mass is 556 g/mol. The highest BCUT2D eigenvalue weighted by atomic mass is 16.6. The van der Waals surface area contributed by atoms with Crippen molar-refractivity contribution in [3.8, 4) is 0 Å². The van der Waals surface area contributed by atoms with Gasteiger partial charge in [0.15, 0.2) is 12.2 Å². The number of aliphatic hydroxyl groups is 2. The Balaban J connectivity index is 2.15. The van der Waals surface area contributed by atoms with Crippen molar-refractivity contribution < 1.29 is 38.9 Å². The van der Waals surface area contributed by atoms with Gasteiger partial charge in [0.25, 0.3) is 11.8 Å². The molecule has 0 unspecified atom stereocenters. The molecule has 0 fully saturated rings. The normalized spacial score (nSPS) is 14.7. The summed E-state index contributed by atoms with van der Waals surface area (Å²) in [5.41, 5.74) is -0.255. The van der Waals surface area contributed by atoms with E-state index < -0.39 is 59.2 Å². The Bertz CT molecular complexity index is 1050. The van der Waals surface area contributed by atoms with Gasteiger partial charge in [0, 0.05) is 12.8 Å². The first-order valence-electron chi connectivity index (χ1n) is 13.1. The number of hydrogen-bond acceptors (Lipinski definition) is 8. The van der Waals surface area contributed by atoms with Gasteiger partial charge in [0.05, 0.1) is 0 Å². The maximum atomic E-state index is 12.9. The Hall–Kier alpha value is -3.76. The summed E-state index contributed by atoms with van der Waals surface area (Å²) in [4.78, 5) is 51.4. The van der Waals surface area contributed by atoms with Gasteiger partial charge in [0.1, 0.15) is 23.3 Å². The quantitative estimate of drug-likeness (QED) is 0.306. The average molecular weight is 557 g/mol. The summed E-state index contributed by atoms with van der Waals surface area (Å²) in [6, 6.07) is 15.3. The molecule has 10 heteroatoms. The zero-order valence-corrected chi connectivity index (χ0v) is 23.8. The van der Waals surface area contributed by atoms with Crippen LogP contribution in [0.2, 0.25) is 0 Å². The zero-order chi connectivity index (χ0) is 30.1. The van der Waals surface area contributed by atoms with Gasteiger partial charge in [-0.25, -0.2) is 9.59 Å². The minimum absolute atomic E-state index is 0.0499. The lowest BCUT2D eigenvalue weighted by atomic mass is 10.0. The lowest BCUT2D eigenvalue weighted by Gasteiger charge is -2.27. The number of aliphatic hydroxyl groups excluding tert-OH is 2. The van der Waals surface area contributed by atoms with E-state index in [0.29, 0.717) is 11.1 Å². The van der Waals surface area contributed by atoms with Gasteiger partial charge >= 0.3 is 11.9 Å².